The highest BCUT2D eigenvalue weighted by molar-refractivity contribution is 6.06. The summed E-state index contributed by atoms with van der Waals surface area (Å²) in [6.07, 6.45) is -5.74. The molecule has 0 aliphatic carbocycles. The topological polar surface area (TPSA) is 161 Å². The van der Waals surface area contributed by atoms with Crippen LogP contribution in [0.15, 0.2) is 32.0 Å². The monoisotopic (exact) mass is 438 g/mol. The zero-order valence-electron chi connectivity index (χ0n) is 16.7. The van der Waals surface area contributed by atoms with Gasteiger partial charge < -0.3 is 48.2 Å². The van der Waals surface area contributed by atoms with Crippen LogP contribution in [0.5, 0.6) is 11.5 Å². The van der Waals surface area contributed by atoms with Gasteiger partial charge in [0, 0.05) is 6.07 Å². The summed E-state index contributed by atoms with van der Waals surface area (Å²) in [5.74, 6) is 0.540. The van der Waals surface area contributed by atoms with Gasteiger partial charge in [0.2, 0.25) is 5.75 Å². The summed E-state index contributed by atoms with van der Waals surface area (Å²) in [5, 5.41) is 39.8. The van der Waals surface area contributed by atoms with E-state index in [1.807, 2.05) is 0 Å². The third-order valence-corrected chi connectivity index (χ3v) is 5.19. The van der Waals surface area contributed by atoms with Crippen LogP contribution in [-0.2, 0) is 16.1 Å². The van der Waals surface area contributed by atoms with Crippen LogP contribution in [0.3, 0.4) is 0 Å². The number of methoxy groups -OCH3 is 2. The molecule has 0 saturated carbocycles. The highest BCUT2D eigenvalue weighted by Gasteiger charge is 2.44. The number of hydrogen-bond donors (Lipinski definition) is 4. The zero-order chi connectivity index (χ0) is 22.3. The summed E-state index contributed by atoms with van der Waals surface area (Å²) in [7, 11) is 2.82. The average molecular weight is 438 g/mol. The first kappa shape index (κ1) is 21.6. The van der Waals surface area contributed by atoms with Crippen LogP contribution in [0, 0.1) is 0 Å². The summed E-state index contributed by atoms with van der Waals surface area (Å²) in [6, 6.07) is 2.84. The highest BCUT2D eigenvalue weighted by Crippen LogP contribution is 2.42. The molecule has 11 nitrogen and oxygen atoms in total. The van der Waals surface area contributed by atoms with Crippen LogP contribution in [0.1, 0.15) is 5.76 Å². The Bertz CT molecular complexity index is 1130. The smallest absolute Gasteiger partial charge is 0.206 e. The Morgan fingerprint density at radius 1 is 1.03 bits per heavy atom. The van der Waals surface area contributed by atoms with Crippen molar-refractivity contribution in [2.45, 2.75) is 37.3 Å². The molecule has 2 aromatic heterocycles. The Balaban J connectivity index is 1.70. The van der Waals surface area contributed by atoms with E-state index in [0.717, 1.165) is 0 Å². The summed E-state index contributed by atoms with van der Waals surface area (Å²) in [6.45, 7) is -0.915. The van der Waals surface area contributed by atoms with E-state index in [1.54, 1.807) is 6.07 Å². The molecule has 11 heteroatoms. The van der Waals surface area contributed by atoms with Gasteiger partial charge in [0.1, 0.15) is 47.9 Å². The van der Waals surface area contributed by atoms with E-state index in [4.69, 9.17) is 27.8 Å². The molecular weight excluding hydrogens is 416 g/mol. The summed E-state index contributed by atoms with van der Waals surface area (Å²) < 4.78 is 32.8. The van der Waals surface area contributed by atoms with Gasteiger partial charge in [-0.2, -0.15) is 0 Å². The van der Waals surface area contributed by atoms with E-state index in [2.05, 4.69) is 0 Å². The first-order valence-corrected chi connectivity index (χ1v) is 9.41. The lowest BCUT2D eigenvalue weighted by Crippen LogP contribution is -2.59. The lowest BCUT2D eigenvalue weighted by Gasteiger charge is -2.39. The number of rotatable bonds is 6. The van der Waals surface area contributed by atoms with E-state index in [9.17, 15) is 25.2 Å². The molecule has 1 fully saturated rings. The first-order chi connectivity index (χ1) is 14.9. The Morgan fingerprint density at radius 3 is 2.45 bits per heavy atom. The minimum Gasteiger partial charge on any atom is -0.495 e. The molecule has 0 radical (unpaired) electrons. The fourth-order valence-corrected chi connectivity index (χ4v) is 3.66. The van der Waals surface area contributed by atoms with E-state index >= 15 is 0 Å². The average Bonchev–Trinajstić information content (AvgIpc) is 3.25. The third kappa shape index (κ3) is 3.55. The quantitative estimate of drug-likeness (QED) is 0.406. The maximum absolute atomic E-state index is 12.9. The van der Waals surface area contributed by atoms with Crippen molar-refractivity contribution < 1.29 is 48.2 Å². The van der Waals surface area contributed by atoms with Gasteiger partial charge in [-0.25, -0.2) is 0 Å². The Kier molecular flexibility index (Phi) is 5.88. The van der Waals surface area contributed by atoms with Crippen molar-refractivity contribution in [2.24, 2.45) is 0 Å². The number of benzene rings is 1. The van der Waals surface area contributed by atoms with Crippen molar-refractivity contribution in [3.05, 3.63) is 34.4 Å². The normalized spacial score (nSPS) is 26.5. The molecule has 4 N–H and O–H groups in total. The summed E-state index contributed by atoms with van der Waals surface area (Å²) >= 11 is 0. The van der Waals surface area contributed by atoms with Crippen molar-refractivity contribution in [2.75, 3.05) is 20.8 Å². The molecule has 0 bridgehead atoms. The molecular formula is C20H22O11. The molecule has 1 aromatic carbocycles. The van der Waals surface area contributed by atoms with Crippen molar-refractivity contribution >= 4 is 21.9 Å². The number of hydrogen-bond acceptors (Lipinski definition) is 11. The summed E-state index contributed by atoms with van der Waals surface area (Å²) in [5.41, 5.74) is -0.00407. The van der Waals surface area contributed by atoms with Gasteiger partial charge in [0.15, 0.2) is 22.9 Å². The fourth-order valence-electron chi connectivity index (χ4n) is 3.66. The van der Waals surface area contributed by atoms with Crippen molar-refractivity contribution in [3.63, 3.8) is 0 Å². The molecule has 1 aliphatic heterocycles. The van der Waals surface area contributed by atoms with Gasteiger partial charge in [-0.1, -0.05) is 0 Å². The molecule has 0 unspecified atom stereocenters. The van der Waals surface area contributed by atoms with Gasteiger partial charge >= 0.3 is 0 Å². The van der Waals surface area contributed by atoms with Crippen LogP contribution >= 0.6 is 0 Å². The van der Waals surface area contributed by atoms with Gasteiger partial charge in [0.05, 0.1) is 32.5 Å². The molecule has 1 aliphatic rings. The van der Waals surface area contributed by atoms with Crippen LogP contribution in [0.4, 0.5) is 0 Å². The van der Waals surface area contributed by atoms with Crippen LogP contribution < -0.4 is 14.9 Å². The molecule has 3 aromatic rings. The number of fused-ring (bicyclic) bond motifs is 2. The molecule has 4 rings (SSSR count). The maximum atomic E-state index is 12.9. The van der Waals surface area contributed by atoms with Crippen molar-refractivity contribution in [1.82, 2.24) is 0 Å². The van der Waals surface area contributed by atoms with Gasteiger partial charge in [-0.3, -0.25) is 4.79 Å². The van der Waals surface area contributed by atoms with Crippen LogP contribution in [0.25, 0.3) is 21.9 Å². The second-order valence-corrected chi connectivity index (χ2v) is 7.02. The second kappa shape index (κ2) is 8.46. The Labute approximate surface area is 174 Å². The predicted molar refractivity (Wildman–Crippen MR) is 104 cm³/mol. The van der Waals surface area contributed by atoms with Crippen LogP contribution in [-0.4, -0.2) is 72.0 Å². The third-order valence-electron chi connectivity index (χ3n) is 5.19. The number of aliphatic hydroxyl groups excluding tert-OH is 4. The van der Waals surface area contributed by atoms with Crippen molar-refractivity contribution in [1.29, 1.82) is 0 Å². The van der Waals surface area contributed by atoms with Crippen molar-refractivity contribution in [3.8, 4) is 11.5 Å². The van der Waals surface area contributed by atoms with Gasteiger partial charge in [-0.05, 0) is 6.07 Å². The number of ether oxygens (including phenoxy) is 4. The minimum absolute atomic E-state index is 0.0701. The van der Waals surface area contributed by atoms with E-state index < -0.39 is 42.7 Å². The van der Waals surface area contributed by atoms with E-state index in [1.165, 1.54) is 26.5 Å². The Hall–Kier alpha value is -2.67. The fraction of sp³-hybridized carbons (Fsp3) is 0.450. The predicted octanol–water partition coefficient (Wildman–Crippen LogP) is -0.127. The number of aliphatic hydroxyl groups is 4. The lowest BCUT2D eigenvalue weighted by atomic mass is 9.99. The molecule has 0 amide bonds. The molecule has 5 atom stereocenters. The molecule has 3 heterocycles. The SMILES string of the molecule is COc1c2occc2c(OC)c2c(=O)cc(CO[C@@H]3O[C@H](CO)[C@@H](O)[C@H](O)[C@H]3O)oc12. The van der Waals surface area contributed by atoms with Crippen LogP contribution in [0.2, 0.25) is 0 Å². The Morgan fingerprint density at radius 2 is 1.77 bits per heavy atom. The molecule has 31 heavy (non-hydrogen) atoms. The van der Waals surface area contributed by atoms with E-state index in [-0.39, 0.29) is 34.8 Å². The van der Waals surface area contributed by atoms with E-state index in [0.29, 0.717) is 11.0 Å². The first-order valence-electron chi connectivity index (χ1n) is 9.41. The maximum Gasteiger partial charge on any atom is 0.206 e. The molecule has 1 saturated heterocycles. The molecule has 0 spiro atoms. The second-order valence-electron chi connectivity index (χ2n) is 7.02. The van der Waals surface area contributed by atoms with Gasteiger partial charge in [-0.15, -0.1) is 0 Å². The minimum atomic E-state index is -1.59. The largest absolute Gasteiger partial charge is 0.495 e. The highest BCUT2D eigenvalue weighted by atomic mass is 16.7. The number of furan rings is 1. The zero-order valence-corrected chi connectivity index (χ0v) is 16.7. The van der Waals surface area contributed by atoms with Gasteiger partial charge in [0.25, 0.3) is 0 Å². The standard InChI is InChI=1S/C20H22O11/c1-26-16-9-3-4-28-17(9)19(27-2)18-12(16)10(22)5-8(30-18)7-29-20-15(25)14(24)13(23)11(6-21)31-20/h3-5,11,13-15,20-21,23-25H,6-7H2,1-2H3/t11-,13-,14+,15-,20-/m1/s1. The lowest BCUT2D eigenvalue weighted by molar-refractivity contribution is -0.304. The molecule has 168 valence electrons. The summed E-state index contributed by atoms with van der Waals surface area (Å²) in [4.78, 5) is 12.9.